The number of carbonyl (C=O) groups is 4. The van der Waals surface area contributed by atoms with Gasteiger partial charge in [0.2, 0.25) is 11.8 Å². The van der Waals surface area contributed by atoms with Gasteiger partial charge >= 0.3 is 12.2 Å². The molecule has 0 aliphatic carbocycles. The van der Waals surface area contributed by atoms with Crippen LogP contribution in [0.2, 0.25) is 35.9 Å². The lowest BCUT2D eigenvalue weighted by Crippen LogP contribution is -2.43. The molecule has 3 N–H and O–H groups in total. The van der Waals surface area contributed by atoms with Crippen molar-refractivity contribution in [2.75, 3.05) is 42.8 Å². The highest BCUT2D eigenvalue weighted by Gasteiger charge is 2.50. The van der Waals surface area contributed by atoms with Crippen LogP contribution in [0, 0.1) is 0 Å². The molecular formula is C35H42Cl2N6O7Si. The fourth-order valence-electron chi connectivity index (χ4n) is 6.72. The molecule has 6 rings (SSSR count). The Kier molecular flexibility index (Phi) is 10.7. The Morgan fingerprint density at radius 1 is 1.10 bits per heavy atom. The minimum absolute atomic E-state index is 0.0677. The Hall–Kier alpha value is -4.11. The number of likely N-dealkylation sites (tertiary alicyclic amines) is 1. The van der Waals surface area contributed by atoms with Crippen molar-refractivity contribution < 1.29 is 33.4 Å². The third kappa shape index (κ3) is 8.03. The summed E-state index contributed by atoms with van der Waals surface area (Å²) < 4.78 is 18.6. The number of imidazole rings is 1. The first-order valence-electron chi connectivity index (χ1n) is 17.0. The van der Waals surface area contributed by atoms with Crippen molar-refractivity contribution in [3.63, 3.8) is 0 Å². The number of amides is 4. The van der Waals surface area contributed by atoms with Crippen LogP contribution in [0.5, 0.6) is 0 Å². The molecule has 272 valence electrons. The smallest absolute Gasteiger partial charge is 0.412 e. The topological polar surface area (TPSA) is 153 Å². The van der Waals surface area contributed by atoms with Crippen LogP contribution >= 0.6 is 23.2 Å². The van der Waals surface area contributed by atoms with Crippen molar-refractivity contribution >= 4 is 72.3 Å². The van der Waals surface area contributed by atoms with Crippen molar-refractivity contribution in [1.29, 1.82) is 0 Å². The summed E-state index contributed by atoms with van der Waals surface area (Å²) in [5.41, 5.74) is 1.91. The van der Waals surface area contributed by atoms with E-state index < -0.39 is 31.8 Å². The van der Waals surface area contributed by atoms with Crippen LogP contribution in [0.4, 0.5) is 26.7 Å². The molecule has 3 aliphatic heterocycles. The molecule has 2 aromatic carbocycles. The van der Waals surface area contributed by atoms with Crippen molar-refractivity contribution in [2.24, 2.45) is 0 Å². The molecule has 0 saturated carbocycles. The number of fused-ring (bicyclic) bond motifs is 6. The standard InChI is InChI=1S/C35H42Cl2N6O7Si/c1-48-33(46)38-22-10-11-23-27(18-22)39-28(44)8-6-5-7-24(31-41-29(23)30(37)43(31)20-49-15-16-51(2,3)4)32(45)42-14-13-35(19-42)25-17-21(36)9-12-26(25)40-34(47)50-35/h9-12,17-18,24H,5-8,13-16,19-20H2,1-4H3,(H,38,46)(H,39,44)(H,40,47)/t24?,35-/m0/s1. The second-order valence-corrected chi connectivity index (χ2v) is 20.7. The molecule has 1 unspecified atom stereocenters. The number of methoxy groups -OCH3 is 1. The average Bonchev–Trinajstić information content (AvgIpc) is 3.63. The van der Waals surface area contributed by atoms with Crippen LogP contribution in [0.25, 0.3) is 11.3 Å². The summed E-state index contributed by atoms with van der Waals surface area (Å²) >= 11 is 13.5. The van der Waals surface area contributed by atoms with Gasteiger partial charge in [0.1, 0.15) is 23.4 Å². The number of carbonyl (C=O) groups excluding carboxylic acids is 4. The highest BCUT2D eigenvalue weighted by molar-refractivity contribution is 6.76. The lowest BCUT2D eigenvalue weighted by Gasteiger charge is -2.35. The maximum absolute atomic E-state index is 14.7. The van der Waals surface area contributed by atoms with Gasteiger partial charge in [-0.3, -0.25) is 24.8 Å². The minimum atomic E-state index is -1.40. The summed E-state index contributed by atoms with van der Waals surface area (Å²) in [6, 6.07) is 11.1. The van der Waals surface area contributed by atoms with Crippen molar-refractivity contribution in [2.45, 2.75) is 76.0 Å². The fraction of sp³-hybridized carbons (Fsp3) is 0.457. The molecule has 4 heterocycles. The van der Waals surface area contributed by atoms with Gasteiger partial charge in [-0.05, 0) is 55.3 Å². The maximum atomic E-state index is 14.7. The van der Waals surface area contributed by atoms with Crippen LogP contribution < -0.4 is 16.0 Å². The summed E-state index contributed by atoms with van der Waals surface area (Å²) in [6.45, 7) is 7.86. The van der Waals surface area contributed by atoms with E-state index in [0.29, 0.717) is 78.0 Å². The lowest BCUT2D eigenvalue weighted by atomic mass is 9.90. The molecule has 1 saturated heterocycles. The molecule has 3 aliphatic rings. The molecular weight excluding hydrogens is 715 g/mol. The highest BCUT2D eigenvalue weighted by atomic mass is 35.5. The van der Waals surface area contributed by atoms with Gasteiger partial charge in [-0.25, -0.2) is 14.6 Å². The molecule has 16 heteroatoms. The molecule has 2 atom stereocenters. The second kappa shape index (κ2) is 14.9. The summed E-state index contributed by atoms with van der Waals surface area (Å²) in [6.07, 6.45) is 0.814. The monoisotopic (exact) mass is 756 g/mol. The Balaban J connectivity index is 1.39. The quantitative estimate of drug-likeness (QED) is 0.164. The summed E-state index contributed by atoms with van der Waals surface area (Å²) in [4.78, 5) is 59.2. The number of hydrogen-bond acceptors (Lipinski definition) is 8. The first kappa shape index (κ1) is 36.7. The van der Waals surface area contributed by atoms with Gasteiger partial charge in [-0.15, -0.1) is 0 Å². The fourth-order valence-corrected chi connectivity index (χ4v) is 7.93. The van der Waals surface area contributed by atoms with Gasteiger partial charge in [0.25, 0.3) is 0 Å². The number of hydrogen-bond donors (Lipinski definition) is 3. The van der Waals surface area contributed by atoms with Gasteiger partial charge < -0.3 is 24.4 Å². The van der Waals surface area contributed by atoms with E-state index in [9.17, 15) is 19.2 Å². The zero-order valence-electron chi connectivity index (χ0n) is 29.1. The van der Waals surface area contributed by atoms with E-state index in [1.807, 2.05) is 0 Å². The number of nitrogens with zero attached hydrogens (tertiary/aromatic N) is 3. The summed E-state index contributed by atoms with van der Waals surface area (Å²) in [5, 5.41) is 9.05. The SMILES string of the molecule is COC(=O)Nc1ccc2c(c1)NC(=O)CCCCC(C(=O)N1CC[C@@]3(C1)OC(=O)Nc1ccc(Cl)cc13)c1nc-2c(Cl)n1COCC[Si](C)(C)C. The van der Waals surface area contributed by atoms with Gasteiger partial charge in [-0.2, -0.15) is 0 Å². The van der Waals surface area contributed by atoms with Gasteiger partial charge in [0.05, 0.1) is 30.9 Å². The Morgan fingerprint density at radius 3 is 2.67 bits per heavy atom. The number of benzene rings is 2. The molecule has 1 fully saturated rings. The lowest BCUT2D eigenvalue weighted by molar-refractivity contribution is -0.133. The van der Waals surface area contributed by atoms with Crippen molar-refractivity contribution in [1.82, 2.24) is 14.5 Å². The number of ether oxygens (including phenoxy) is 3. The largest absolute Gasteiger partial charge is 0.453 e. The second-order valence-electron chi connectivity index (χ2n) is 14.3. The highest BCUT2D eigenvalue weighted by Crippen LogP contribution is 2.45. The molecule has 1 aromatic heterocycles. The first-order valence-corrected chi connectivity index (χ1v) is 21.4. The predicted molar refractivity (Wildman–Crippen MR) is 197 cm³/mol. The van der Waals surface area contributed by atoms with Gasteiger partial charge in [0, 0.05) is 55.9 Å². The molecule has 51 heavy (non-hydrogen) atoms. The Bertz CT molecular complexity index is 1860. The van der Waals surface area contributed by atoms with E-state index in [0.717, 1.165) is 11.6 Å². The van der Waals surface area contributed by atoms with Crippen LogP contribution in [0.1, 0.15) is 49.4 Å². The van der Waals surface area contributed by atoms with E-state index in [-0.39, 0.29) is 36.7 Å². The molecule has 0 radical (unpaired) electrons. The van der Waals surface area contributed by atoms with Gasteiger partial charge in [-0.1, -0.05) is 49.3 Å². The molecule has 13 nitrogen and oxygen atoms in total. The van der Waals surface area contributed by atoms with Crippen LogP contribution in [-0.4, -0.2) is 73.3 Å². The maximum Gasteiger partial charge on any atom is 0.412 e. The minimum Gasteiger partial charge on any atom is -0.453 e. The number of aromatic nitrogens is 2. The number of nitrogens with one attached hydrogen (secondary N) is 3. The summed E-state index contributed by atoms with van der Waals surface area (Å²) in [5.74, 6) is -0.725. The molecule has 2 bridgehead atoms. The zero-order chi connectivity index (χ0) is 36.5. The van der Waals surface area contributed by atoms with Crippen molar-refractivity contribution in [3.8, 4) is 11.3 Å². The average molecular weight is 758 g/mol. The summed E-state index contributed by atoms with van der Waals surface area (Å²) in [7, 11) is -0.140. The third-order valence-corrected chi connectivity index (χ3v) is 11.8. The van der Waals surface area contributed by atoms with E-state index in [4.69, 9.17) is 42.4 Å². The third-order valence-electron chi connectivity index (χ3n) is 9.43. The van der Waals surface area contributed by atoms with E-state index in [1.165, 1.54) is 7.11 Å². The van der Waals surface area contributed by atoms with Crippen LogP contribution in [0.15, 0.2) is 36.4 Å². The molecule has 3 aromatic rings. The number of anilines is 3. The Morgan fingerprint density at radius 2 is 1.90 bits per heavy atom. The molecule has 1 spiro atoms. The first-order chi connectivity index (χ1) is 24.3. The van der Waals surface area contributed by atoms with Crippen LogP contribution in [-0.2, 0) is 36.1 Å². The number of rotatable bonds is 7. The van der Waals surface area contributed by atoms with Crippen LogP contribution in [0.3, 0.4) is 0 Å². The van der Waals surface area contributed by atoms with E-state index in [1.54, 1.807) is 45.9 Å². The van der Waals surface area contributed by atoms with E-state index in [2.05, 4.69) is 35.6 Å². The number of halogens is 2. The van der Waals surface area contributed by atoms with Gasteiger partial charge in [0.15, 0.2) is 5.60 Å². The van der Waals surface area contributed by atoms with E-state index >= 15 is 0 Å². The molecule has 4 amide bonds. The normalized spacial score (nSPS) is 20.3. The van der Waals surface area contributed by atoms with Crippen molar-refractivity contribution in [3.05, 3.63) is 58.0 Å². The predicted octanol–water partition coefficient (Wildman–Crippen LogP) is 7.63. The zero-order valence-corrected chi connectivity index (χ0v) is 31.6. The Labute approximate surface area is 307 Å².